The third kappa shape index (κ3) is 1.44. The Balaban J connectivity index is 2.60. The van der Waals surface area contributed by atoms with Gasteiger partial charge in [0.05, 0.1) is 12.0 Å². The molecule has 0 aliphatic heterocycles. The molecule has 2 rings (SSSR count). The number of nitrogens with two attached hydrogens (primary N) is 1. The molecule has 0 aliphatic rings. The summed E-state index contributed by atoms with van der Waals surface area (Å²) in [5.74, 6) is 0.940. The third-order valence-corrected chi connectivity index (χ3v) is 3.14. The molecule has 14 heavy (non-hydrogen) atoms. The van der Waals surface area contributed by atoms with Gasteiger partial charge in [0.15, 0.2) is 0 Å². The summed E-state index contributed by atoms with van der Waals surface area (Å²) in [5.41, 5.74) is 5.41. The van der Waals surface area contributed by atoms with E-state index < -0.39 is 0 Å². The fraction of sp³-hybridized carbons (Fsp3) is 0.100. The second-order valence-electron chi connectivity index (χ2n) is 2.93. The van der Waals surface area contributed by atoms with E-state index in [4.69, 9.17) is 15.9 Å². The lowest BCUT2D eigenvalue weighted by atomic mass is 10.2. The summed E-state index contributed by atoms with van der Waals surface area (Å²) in [5, 5.41) is 8.39. The minimum atomic E-state index is 0.116. The molecule has 1 aromatic heterocycles. The molecular formula is C10H10N2OS. The van der Waals surface area contributed by atoms with Gasteiger partial charge in [0.1, 0.15) is 11.6 Å². The van der Waals surface area contributed by atoms with Gasteiger partial charge in [-0.2, -0.15) is 0 Å². The first-order valence-corrected chi connectivity index (χ1v) is 4.94. The molecule has 1 heterocycles. The largest absolute Gasteiger partial charge is 0.497 e. The van der Waals surface area contributed by atoms with Crippen molar-refractivity contribution in [1.82, 2.24) is 0 Å². The van der Waals surface area contributed by atoms with Crippen LogP contribution in [0.15, 0.2) is 24.3 Å². The maximum atomic E-state index is 7.32. The Morgan fingerprint density at radius 3 is 2.86 bits per heavy atom. The molecule has 0 radical (unpaired) electrons. The first-order chi connectivity index (χ1) is 6.70. The molecule has 0 saturated carbocycles. The van der Waals surface area contributed by atoms with Crippen molar-refractivity contribution in [3.8, 4) is 5.75 Å². The van der Waals surface area contributed by atoms with Gasteiger partial charge in [0.25, 0.3) is 0 Å². The topological polar surface area (TPSA) is 59.1 Å². The van der Waals surface area contributed by atoms with E-state index in [2.05, 4.69) is 0 Å². The Bertz CT molecular complexity index is 490. The Hall–Kier alpha value is -1.55. The molecule has 0 bridgehead atoms. The fourth-order valence-electron chi connectivity index (χ4n) is 1.28. The number of benzene rings is 1. The van der Waals surface area contributed by atoms with Crippen molar-refractivity contribution in [2.45, 2.75) is 0 Å². The molecule has 4 heteroatoms. The van der Waals surface area contributed by atoms with Gasteiger partial charge in [-0.15, -0.1) is 11.3 Å². The first kappa shape index (κ1) is 9.02. The van der Waals surface area contributed by atoms with Gasteiger partial charge in [0, 0.05) is 4.70 Å². The number of nitrogens with one attached hydrogen (secondary N) is 1. The summed E-state index contributed by atoms with van der Waals surface area (Å²) in [6, 6.07) is 7.73. The van der Waals surface area contributed by atoms with E-state index >= 15 is 0 Å². The summed E-state index contributed by atoms with van der Waals surface area (Å²) in [7, 11) is 1.64. The second kappa shape index (κ2) is 3.31. The summed E-state index contributed by atoms with van der Waals surface area (Å²) in [4.78, 5) is 0.799. The Labute approximate surface area is 85.6 Å². The lowest BCUT2D eigenvalue weighted by Crippen LogP contribution is -2.08. The van der Waals surface area contributed by atoms with E-state index in [1.165, 1.54) is 11.3 Å². The van der Waals surface area contributed by atoms with Gasteiger partial charge in [-0.25, -0.2) is 0 Å². The molecule has 0 atom stereocenters. The zero-order chi connectivity index (χ0) is 10.1. The highest BCUT2D eigenvalue weighted by Gasteiger charge is 2.04. The van der Waals surface area contributed by atoms with E-state index in [0.717, 1.165) is 20.7 Å². The van der Waals surface area contributed by atoms with Gasteiger partial charge < -0.3 is 10.5 Å². The smallest absolute Gasteiger partial charge is 0.133 e. The lowest BCUT2D eigenvalue weighted by molar-refractivity contribution is 0.415. The molecule has 0 amide bonds. The van der Waals surface area contributed by atoms with Crippen LogP contribution in [0.4, 0.5) is 0 Å². The number of thiophene rings is 1. The summed E-state index contributed by atoms with van der Waals surface area (Å²) < 4.78 is 6.23. The van der Waals surface area contributed by atoms with Gasteiger partial charge >= 0.3 is 0 Å². The SMILES string of the molecule is COc1ccc2sc(C(=N)N)cc2c1. The Morgan fingerprint density at radius 1 is 1.43 bits per heavy atom. The standard InChI is InChI=1S/C10H10N2OS/c1-13-7-2-3-8-6(4-7)5-9(14-8)10(11)12/h2-5H,1H3,(H3,11,12). The fourth-order valence-corrected chi connectivity index (χ4v) is 2.19. The number of hydrogen-bond donors (Lipinski definition) is 2. The number of ether oxygens (including phenoxy) is 1. The minimum absolute atomic E-state index is 0.116. The van der Waals surface area contributed by atoms with Crippen LogP contribution in [0.2, 0.25) is 0 Å². The van der Waals surface area contributed by atoms with Crippen LogP contribution in [0.1, 0.15) is 4.88 Å². The van der Waals surface area contributed by atoms with Crippen molar-refractivity contribution >= 4 is 27.3 Å². The normalized spacial score (nSPS) is 10.4. The van der Waals surface area contributed by atoms with Crippen LogP contribution in [-0.4, -0.2) is 12.9 Å². The highest BCUT2D eigenvalue weighted by atomic mass is 32.1. The van der Waals surface area contributed by atoms with Crippen molar-refractivity contribution in [2.75, 3.05) is 7.11 Å². The van der Waals surface area contributed by atoms with E-state index in [1.54, 1.807) is 7.11 Å². The van der Waals surface area contributed by atoms with Crippen LogP contribution in [0, 0.1) is 5.41 Å². The number of hydrogen-bond acceptors (Lipinski definition) is 3. The molecule has 3 nitrogen and oxygen atoms in total. The molecule has 3 N–H and O–H groups in total. The molecule has 0 saturated heterocycles. The van der Waals surface area contributed by atoms with Crippen molar-refractivity contribution < 1.29 is 4.74 Å². The first-order valence-electron chi connectivity index (χ1n) is 4.12. The van der Waals surface area contributed by atoms with E-state index in [-0.39, 0.29) is 5.84 Å². The molecule has 72 valence electrons. The van der Waals surface area contributed by atoms with Crippen LogP contribution in [-0.2, 0) is 0 Å². The molecular weight excluding hydrogens is 196 g/mol. The zero-order valence-electron chi connectivity index (χ0n) is 7.70. The number of nitrogen functional groups attached to an aromatic ring is 1. The number of methoxy groups -OCH3 is 1. The van der Waals surface area contributed by atoms with Crippen LogP contribution >= 0.6 is 11.3 Å². The second-order valence-corrected chi connectivity index (χ2v) is 4.01. The summed E-state index contributed by atoms with van der Waals surface area (Å²) in [6.45, 7) is 0. The highest BCUT2D eigenvalue weighted by Crippen LogP contribution is 2.28. The van der Waals surface area contributed by atoms with Crippen LogP contribution in [0.3, 0.4) is 0 Å². The number of amidine groups is 1. The van der Waals surface area contributed by atoms with Crippen molar-refractivity contribution in [3.05, 3.63) is 29.1 Å². The van der Waals surface area contributed by atoms with Crippen LogP contribution in [0.25, 0.3) is 10.1 Å². The van der Waals surface area contributed by atoms with Crippen LogP contribution in [0.5, 0.6) is 5.75 Å². The average Bonchev–Trinajstić information content (AvgIpc) is 2.59. The zero-order valence-corrected chi connectivity index (χ0v) is 8.52. The highest BCUT2D eigenvalue weighted by molar-refractivity contribution is 7.20. The van der Waals surface area contributed by atoms with E-state index in [9.17, 15) is 0 Å². The Morgan fingerprint density at radius 2 is 2.21 bits per heavy atom. The molecule has 0 spiro atoms. The summed E-state index contributed by atoms with van der Waals surface area (Å²) in [6.07, 6.45) is 0. The van der Waals surface area contributed by atoms with Gasteiger partial charge in [-0.1, -0.05) is 0 Å². The Kier molecular flexibility index (Phi) is 2.13. The van der Waals surface area contributed by atoms with Crippen molar-refractivity contribution in [2.24, 2.45) is 5.73 Å². The molecule has 1 aromatic carbocycles. The maximum Gasteiger partial charge on any atom is 0.133 e. The van der Waals surface area contributed by atoms with Crippen LogP contribution < -0.4 is 10.5 Å². The van der Waals surface area contributed by atoms with Crippen molar-refractivity contribution in [1.29, 1.82) is 5.41 Å². The molecule has 0 fully saturated rings. The average molecular weight is 206 g/mol. The third-order valence-electron chi connectivity index (χ3n) is 1.99. The van der Waals surface area contributed by atoms with Gasteiger partial charge in [-0.05, 0) is 29.7 Å². The number of fused-ring (bicyclic) bond motifs is 1. The summed E-state index contributed by atoms with van der Waals surface area (Å²) >= 11 is 1.52. The lowest BCUT2D eigenvalue weighted by Gasteiger charge is -1.97. The maximum absolute atomic E-state index is 7.32. The molecule has 2 aromatic rings. The van der Waals surface area contributed by atoms with E-state index in [1.807, 2.05) is 24.3 Å². The monoisotopic (exact) mass is 206 g/mol. The predicted molar refractivity (Wildman–Crippen MR) is 59.4 cm³/mol. The molecule has 0 aliphatic carbocycles. The number of rotatable bonds is 2. The predicted octanol–water partition coefficient (Wildman–Crippen LogP) is 2.19. The molecule has 0 unspecified atom stereocenters. The minimum Gasteiger partial charge on any atom is -0.497 e. The quantitative estimate of drug-likeness (QED) is 0.584. The van der Waals surface area contributed by atoms with Gasteiger partial charge in [-0.3, -0.25) is 5.41 Å². The van der Waals surface area contributed by atoms with E-state index in [0.29, 0.717) is 0 Å². The van der Waals surface area contributed by atoms with Crippen molar-refractivity contribution in [3.63, 3.8) is 0 Å². The van der Waals surface area contributed by atoms with Gasteiger partial charge in [0.2, 0.25) is 0 Å².